The van der Waals surface area contributed by atoms with Gasteiger partial charge in [0.25, 0.3) is 0 Å². The Hall–Kier alpha value is -2.82. The zero-order chi connectivity index (χ0) is 19.6. The van der Waals surface area contributed by atoms with Crippen LogP contribution in [0.4, 0.5) is 0 Å². The van der Waals surface area contributed by atoms with E-state index in [0.717, 1.165) is 45.8 Å². The standard InChI is InChI=1S/C22H26N2O3/c1-6-20-23-21-15(4)19(26-5)13-12-18(21)24(20)17-10-8-16(9-11-17)14(3)22(25)27-7-2/h8-14H,6-7H2,1-5H3. The molecular weight excluding hydrogens is 340 g/mol. The molecule has 0 amide bonds. The van der Waals surface area contributed by atoms with Gasteiger partial charge < -0.3 is 9.47 Å². The number of ether oxygens (including phenoxy) is 2. The fourth-order valence-electron chi connectivity index (χ4n) is 3.37. The third-order valence-electron chi connectivity index (χ3n) is 4.93. The lowest BCUT2D eigenvalue weighted by molar-refractivity contribution is -0.144. The van der Waals surface area contributed by atoms with Crippen LogP contribution in [0, 0.1) is 6.92 Å². The van der Waals surface area contributed by atoms with Gasteiger partial charge in [-0.2, -0.15) is 0 Å². The van der Waals surface area contributed by atoms with Gasteiger partial charge in [-0.25, -0.2) is 4.98 Å². The van der Waals surface area contributed by atoms with E-state index in [1.165, 1.54) is 0 Å². The second-order valence-corrected chi connectivity index (χ2v) is 6.54. The number of methoxy groups -OCH3 is 1. The first-order valence-electron chi connectivity index (χ1n) is 9.33. The lowest BCUT2D eigenvalue weighted by Gasteiger charge is -2.13. The van der Waals surface area contributed by atoms with Crippen molar-refractivity contribution in [1.82, 2.24) is 9.55 Å². The SMILES string of the molecule is CCOC(=O)C(C)c1ccc(-n2c(CC)nc3c(C)c(OC)ccc32)cc1. The minimum absolute atomic E-state index is 0.199. The van der Waals surface area contributed by atoms with Crippen molar-refractivity contribution in [3.63, 3.8) is 0 Å². The molecule has 0 N–H and O–H groups in total. The minimum atomic E-state index is -0.282. The molecule has 2 aromatic carbocycles. The summed E-state index contributed by atoms with van der Waals surface area (Å²) in [6.07, 6.45) is 0.817. The maximum atomic E-state index is 12.0. The highest BCUT2D eigenvalue weighted by atomic mass is 16.5. The Balaban J connectivity index is 2.05. The molecule has 0 bridgehead atoms. The molecule has 1 aromatic heterocycles. The molecule has 3 rings (SSSR count). The molecule has 0 aliphatic heterocycles. The number of hydrogen-bond donors (Lipinski definition) is 0. The molecule has 0 aliphatic carbocycles. The van der Waals surface area contributed by atoms with Crippen LogP contribution in [0.3, 0.4) is 0 Å². The number of rotatable bonds is 6. The number of imidazole rings is 1. The van der Waals surface area contributed by atoms with Crippen LogP contribution in [0.25, 0.3) is 16.7 Å². The topological polar surface area (TPSA) is 53.4 Å². The van der Waals surface area contributed by atoms with E-state index in [4.69, 9.17) is 14.5 Å². The Morgan fingerprint density at radius 3 is 2.44 bits per heavy atom. The Morgan fingerprint density at radius 1 is 1.15 bits per heavy atom. The van der Waals surface area contributed by atoms with Gasteiger partial charge in [-0.15, -0.1) is 0 Å². The third-order valence-corrected chi connectivity index (χ3v) is 4.93. The Bertz CT molecular complexity index is 958. The number of carbonyl (C=O) groups excluding carboxylic acids is 1. The summed E-state index contributed by atoms with van der Waals surface area (Å²) in [6, 6.07) is 12.1. The minimum Gasteiger partial charge on any atom is -0.496 e. The highest BCUT2D eigenvalue weighted by Crippen LogP contribution is 2.30. The molecule has 5 nitrogen and oxygen atoms in total. The summed E-state index contributed by atoms with van der Waals surface area (Å²) in [5.74, 6) is 1.35. The van der Waals surface area contributed by atoms with Crippen LogP contribution in [-0.4, -0.2) is 29.2 Å². The van der Waals surface area contributed by atoms with Gasteiger partial charge in [0.1, 0.15) is 11.6 Å². The molecule has 0 aliphatic rings. The first-order chi connectivity index (χ1) is 13.0. The van der Waals surface area contributed by atoms with Gasteiger partial charge in [0.15, 0.2) is 0 Å². The first kappa shape index (κ1) is 19.0. The molecule has 27 heavy (non-hydrogen) atoms. The quantitative estimate of drug-likeness (QED) is 0.600. The van der Waals surface area contributed by atoms with E-state index < -0.39 is 0 Å². The highest BCUT2D eigenvalue weighted by Gasteiger charge is 2.18. The Labute approximate surface area is 159 Å². The van der Waals surface area contributed by atoms with E-state index in [1.807, 2.05) is 57.2 Å². The molecule has 1 unspecified atom stereocenters. The van der Waals surface area contributed by atoms with Crippen LogP contribution in [0.2, 0.25) is 0 Å². The van der Waals surface area contributed by atoms with Gasteiger partial charge in [0.2, 0.25) is 0 Å². The van der Waals surface area contributed by atoms with Crippen LogP contribution < -0.4 is 4.74 Å². The van der Waals surface area contributed by atoms with Crippen LogP contribution in [0.15, 0.2) is 36.4 Å². The van der Waals surface area contributed by atoms with Gasteiger partial charge >= 0.3 is 5.97 Å². The van der Waals surface area contributed by atoms with Gasteiger partial charge in [-0.3, -0.25) is 9.36 Å². The van der Waals surface area contributed by atoms with Gasteiger partial charge in [0.05, 0.1) is 30.7 Å². The van der Waals surface area contributed by atoms with Crippen molar-refractivity contribution in [2.24, 2.45) is 0 Å². The number of fused-ring (bicyclic) bond motifs is 1. The van der Waals surface area contributed by atoms with Gasteiger partial charge in [0, 0.05) is 17.7 Å². The maximum absolute atomic E-state index is 12.0. The van der Waals surface area contributed by atoms with Crippen molar-refractivity contribution in [3.8, 4) is 11.4 Å². The summed E-state index contributed by atoms with van der Waals surface area (Å²) in [6.45, 7) is 8.21. The molecule has 0 saturated carbocycles. The monoisotopic (exact) mass is 366 g/mol. The molecule has 3 aromatic rings. The van der Waals surface area contributed by atoms with E-state index in [0.29, 0.717) is 6.61 Å². The van der Waals surface area contributed by atoms with E-state index in [2.05, 4.69) is 11.5 Å². The molecular formula is C22H26N2O3. The molecule has 0 spiro atoms. The number of hydrogen-bond acceptors (Lipinski definition) is 4. The number of aromatic nitrogens is 2. The third kappa shape index (κ3) is 3.42. The van der Waals surface area contributed by atoms with Crippen molar-refractivity contribution < 1.29 is 14.3 Å². The van der Waals surface area contributed by atoms with Crippen LogP contribution in [-0.2, 0) is 16.0 Å². The summed E-state index contributed by atoms with van der Waals surface area (Å²) in [5, 5.41) is 0. The lowest BCUT2D eigenvalue weighted by atomic mass is 10.0. The second kappa shape index (κ2) is 7.82. The van der Waals surface area contributed by atoms with E-state index in [9.17, 15) is 4.79 Å². The molecule has 142 valence electrons. The summed E-state index contributed by atoms with van der Waals surface area (Å²) in [5.41, 5.74) is 5.01. The average molecular weight is 366 g/mol. The number of aryl methyl sites for hydroxylation is 2. The van der Waals surface area contributed by atoms with Crippen LogP contribution in [0.5, 0.6) is 5.75 Å². The number of carbonyl (C=O) groups is 1. The van der Waals surface area contributed by atoms with Crippen molar-refractivity contribution >= 4 is 17.0 Å². The summed E-state index contributed by atoms with van der Waals surface area (Å²) >= 11 is 0. The van der Waals surface area contributed by atoms with Crippen molar-refractivity contribution in [2.75, 3.05) is 13.7 Å². The maximum Gasteiger partial charge on any atom is 0.313 e. The largest absolute Gasteiger partial charge is 0.496 e. The van der Waals surface area contributed by atoms with Gasteiger partial charge in [-0.05, 0) is 50.6 Å². The van der Waals surface area contributed by atoms with Crippen LogP contribution >= 0.6 is 0 Å². The highest BCUT2D eigenvalue weighted by molar-refractivity contribution is 5.84. The molecule has 0 radical (unpaired) electrons. The Morgan fingerprint density at radius 2 is 1.85 bits per heavy atom. The molecule has 1 atom stereocenters. The lowest BCUT2D eigenvalue weighted by Crippen LogP contribution is -2.13. The molecule has 1 heterocycles. The number of benzene rings is 2. The first-order valence-corrected chi connectivity index (χ1v) is 9.33. The molecule has 0 fully saturated rings. The smallest absolute Gasteiger partial charge is 0.313 e. The van der Waals surface area contributed by atoms with E-state index in [1.54, 1.807) is 7.11 Å². The number of esters is 1. The van der Waals surface area contributed by atoms with Gasteiger partial charge in [-0.1, -0.05) is 19.1 Å². The predicted molar refractivity (Wildman–Crippen MR) is 107 cm³/mol. The predicted octanol–water partition coefficient (Wildman–Crippen LogP) is 4.57. The molecule has 5 heteroatoms. The van der Waals surface area contributed by atoms with E-state index in [-0.39, 0.29) is 11.9 Å². The summed E-state index contributed by atoms with van der Waals surface area (Å²) < 4.78 is 12.7. The van der Waals surface area contributed by atoms with Crippen molar-refractivity contribution in [1.29, 1.82) is 0 Å². The van der Waals surface area contributed by atoms with Crippen molar-refractivity contribution in [3.05, 3.63) is 53.3 Å². The average Bonchev–Trinajstić information content (AvgIpc) is 3.07. The second-order valence-electron chi connectivity index (χ2n) is 6.54. The fraction of sp³-hybridized carbons (Fsp3) is 0.364. The Kier molecular flexibility index (Phi) is 5.49. The summed E-state index contributed by atoms with van der Waals surface area (Å²) in [7, 11) is 1.68. The normalized spacial score (nSPS) is 12.2. The fourth-order valence-corrected chi connectivity index (χ4v) is 3.37. The number of nitrogens with zero attached hydrogens (tertiary/aromatic N) is 2. The van der Waals surface area contributed by atoms with Crippen molar-refractivity contribution in [2.45, 2.75) is 40.0 Å². The summed E-state index contributed by atoms with van der Waals surface area (Å²) in [4.78, 5) is 16.8. The molecule has 0 saturated heterocycles. The zero-order valence-corrected chi connectivity index (χ0v) is 16.6. The zero-order valence-electron chi connectivity index (χ0n) is 16.6. The van der Waals surface area contributed by atoms with E-state index >= 15 is 0 Å². The van der Waals surface area contributed by atoms with Crippen LogP contribution in [0.1, 0.15) is 43.6 Å².